The van der Waals surface area contributed by atoms with Gasteiger partial charge in [-0.05, 0) is 11.5 Å². The fourth-order valence-electron chi connectivity index (χ4n) is 1.79. The van der Waals surface area contributed by atoms with E-state index in [9.17, 15) is 0 Å². The van der Waals surface area contributed by atoms with Crippen LogP contribution in [0.5, 0.6) is 0 Å². The standard InChI is InChI=1S/C16H21NS/c1-11(2)12-6-8-13(9-7-12)14-10-18-15(17-14)16(3,4)5/h6-11H,1-5H3. The zero-order chi connectivity index (χ0) is 13.3. The van der Waals surface area contributed by atoms with E-state index in [1.807, 2.05) is 0 Å². The third kappa shape index (κ3) is 2.81. The van der Waals surface area contributed by atoms with Crippen LogP contribution >= 0.6 is 11.3 Å². The monoisotopic (exact) mass is 259 g/mol. The molecule has 1 heterocycles. The molecule has 96 valence electrons. The van der Waals surface area contributed by atoms with Crippen molar-refractivity contribution in [3.63, 3.8) is 0 Å². The lowest BCUT2D eigenvalue weighted by Gasteiger charge is -2.13. The molecule has 1 nitrogen and oxygen atoms in total. The maximum absolute atomic E-state index is 4.74. The largest absolute Gasteiger partial charge is 0.241 e. The summed E-state index contributed by atoms with van der Waals surface area (Å²) >= 11 is 1.75. The molecular formula is C16H21NS. The highest BCUT2D eigenvalue weighted by atomic mass is 32.1. The van der Waals surface area contributed by atoms with Gasteiger partial charge in [-0.1, -0.05) is 58.9 Å². The lowest BCUT2D eigenvalue weighted by atomic mass is 9.98. The van der Waals surface area contributed by atoms with Gasteiger partial charge in [0.25, 0.3) is 0 Å². The fourth-order valence-corrected chi connectivity index (χ4v) is 2.71. The second-order valence-electron chi connectivity index (χ2n) is 6.06. The summed E-state index contributed by atoms with van der Waals surface area (Å²) < 4.78 is 0. The molecule has 0 aliphatic heterocycles. The lowest BCUT2D eigenvalue weighted by Crippen LogP contribution is -2.10. The van der Waals surface area contributed by atoms with Gasteiger partial charge in [0.15, 0.2) is 0 Å². The van der Waals surface area contributed by atoms with Crippen molar-refractivity contribution in [2.45, 2.75) is 46.0 Å². The van der Waals surface area contributed by atoms with E-state index in [0.29, 0.717) is 5.92 Å². The van der Waals surface area contributed by atoms with E-state index >= 15 is 0 Å². The summed E-state index contributed by atoms with van der Waals surface area (Å²) in [4.78, 5) is 4.74. The fraction of sp³-hybridized carbons (Fsp3) is 0.438. The van der Waals surface area contributed by atoms with E-state index in [2.05, 4.69) is 64.3 Å². The van der Waals surface area contributed by atoms with Crippen LogP contribution in [-0.2, 0) is 5.41 Å². The molecule has 1 aromatic carbocycles. The van der Waals surface area contributed by atoms with E-state index in [0.717, 1.165) is 5.69 Å². The number of nitrogens with zero attached hydrogens (tertiary/aromatic N) is 1. The van der Waals surface area contributed by atoms with Crippen LogP contribution in [0.4, 0.5) is 0 Å². The van der Waals surface area contributed by atoms with Gasteiger partial charge in [0.05, 0.1) is 10.7 Å². The molecular weight excluding hydrogens is 238 g/mol. The van der Waals surface area contributed by atoms with Gasteiger partial charge in [-0.3, -0.25) is 0 Å². The molecule has 0 unspecified atom stereocenters. The molecule has 0 aliphatic carbocycles. The Hall–Kier alpha value is -1.15. The van der Waals surface area contributed by atoms with Crippen molar-refractivity contribution in [3.8, 4) is 11.3 Å². The predicted octanol–water partition coefficient (Wildman–Crippen LogP) is 5.23. The average Bonchev–Trinajstić information content (AvgIpc) is 2.78. The van der Waals surface area contributed by atoms with Crippen LogP contribution in [0, 0.1) is 0 Å². The summed E-state index contributed by atoms with van der Waals surface area (Å²) in [5.74, 6) is 0.583. The van der Waals surface area contributed by atoms with E-state index < -0.39 is 0 Å². The first-order valence-electron chi connectivity index (χ1n) is 6.44. The molecule has 0 aliphatic rings. The Morgan fingerprint density at radius 2 is 1.67 bits per heavy atom. The number of rotatable bonds is 2. The highest BCUT2D eigenvalue weighted by Crippen LogP contribution is 2.30. The SMILES string of the molecule is CC(C)c1ccc(-c2csc(C(C)(C)C)n2)cc1. The van der Waals surface area contributed by atoms with Crippen LogP contribution < -0.4 is 0 Å². The van der Waals surface area contributed by atoms with E-state index in [1.54, 1.807) is 11.3 Å². The summed E-state index contributed by atoms with van der Waals surface area (Å²) in [5.41, 5.74) is 3.83. The predicted molar refractivity (Wildman–Crippen MR) is 80.3 cm³/mol. The molecule has 18 heavy (non-hydrogen) atoms. The molecule has 2 aromatic rings. The van der Waals surface area contributed by atoms with Crippen LogP contribution in [0.2, 0.25) is 0 Å². The number of hydrogen-bond acceptors (Lipinski definition) is 2. The van der Waals surface area contributed by atoms with Gasteiger partial charge < -0.3 is 0 Å². The number of hydrogen-bond donors (Lipinski definition) is 0. The van der Waals surface area contributed by atoms with Crippen molar-refractivity contribution in [1.82, 2.24) is 4.98 Å². The minimum absolute atomic E-state index is 0.140. The first-order chi connectivity index (χ1) is 8.38. The van der Waals surface area contributed by atoms with Crippen molar-refractivity contribution in [2.24, 2.45) is 0 Å². The molecule has 0 bridgehead atoms. The third-order valence-corrected chi connectivity index (χ3v) is 4.29. The molecule has 0 spiro atoms. The van der Waals surface area contributed by atoms with E-state index in [4.69, 9.17) is 4.98 Å². The molecule has 0 saturated carbocycles. The van der Waals surface area contributed by atoms with Crippen molar-refractivity contribution >= 4 is 11.3 Å². The highest BCUT2D eigenvalue weighted by molar-refractivity contribution is 7.10. The number of thiazole rings is 1. The molecule has 0 radical (unpaired) electrons. The quantitative estimate of drug-likeness (QED) is 0.719. The first-order valence-corrected chi connectivity index (χ1v) is 7.32. The molecule has 0 saturated heterocycles. The Balaban J connectivity index is 2.29. The van der Waals surface area contributed by atoms with Gasteiger partial charge in [0, 0.05) is 16.4 Å². The molecule has 0 fully saturated rings. The van der Waals surface area contributed by atoms with Gasteiger partial charge in [-0.15, -0.1) is 11.3 Å². The Labute approximate surface area is 114 Å². The van der Waals surface area contributed by atoms with Crippen LogP contribution in [-0.4, -0.2) is 4.98 Å². The highest BCUT2D eigenvalue weighted by Gasteiger charge is 2.18. The van der Waals surface area contributed by atoms with Crippen molar-refractivity contribution < 1.29 is 0 Å². The molecule has 2 rings (SSSR count). The zero-order valence-corrected chi connectivity index (χ0v) is 12.6. The molecule has 0 atom stereocenters. The maximum atomic E-state index is 4.74. The van der Waals surface area contributed by atoms with Crippen LogP contribution in [0.3, 0.4) is 0 Å². The summed E-state index contributed by atoms with van der Waals surface area (Å²) in [6.07, 6.45) is 0. The number of aromatic nitrogens is 1. The maximum Gasteiger partial charge on any atom is 0.0986 e. The second kappa shape index (κ2) is 4.85. The summed E-state index contributed by atoms with van der Waals surface area (Å²) in [5, 5.41) is 3.36. The minimum atomic E-state index is 0.140. The van der Waals surface area contributed by atoms with Crippen LogP contribution in [0.15, 0.2) is 29.6 Å². The Morgan fingerprint density at radius 3 is 2.11 bits per heavy atom. The van der Waals surface area contributed by atoms with Crippen molar-refractivity contribution in [3.05, 3.63) is 40.2 Å². The van der Waals surface area contributed by atoms with Gasteiger partial charge in [-0.2, -0.15) is 0 Å². The van der Waals surface area contributed by atoms with Crippen LogP contribution in [0.1, 0.15) is 51.1 Å². The van der Waals surface area contributed by atoms with Crippen molar-refractivity contribution in [2.75, 3.05) is 0 Å². The van der Waals surface area contributed by atoms with Gasteiger partial charge in [0.2, 0.25) is 0 Å². The molecule has 2 heteroatoms. The van der Waals surface area contributed by atoms with E-state index in [1.165, 1.54) is 16.1 Å². The summed E-state index contributed by atoms with van der Waals surface area (Å²) in [7, 11) is 0. The molecule has 1 aromatic heterocycles. The average molecular weight is 259 g/mol. The van der Waals surface area contributed by atoms with E-state index in [-0.39, 0.29) is 5.41 Å². The Kier molecular flexibility index (Phi) is 3.58. The normalized spacial score (nSPS) is 12.1. The second-order valence-corrected chi connectivity index (χ2v) is 6.92. The topological polar surface area (TPSA) is 12.9 Å². The smallest absolute Gasteiger partial charge is 0.0986 e. The Morgan fingerprint density at radius 1 is 1.06 bits per heavy atom. The lowest BCUT2D eigenvalue weighted by molar-refractivity contribution is 0.586. The van der Waals surface area contributed by atoms with Gasteiger partial charge in [-0.25, -0.2) is 4.98 Å². The minimum Gasteiger partial charge on any atom is -0.241 e. The number of benzene rings is 1. The van der Waals surface area contributed by atoms with Gasteiger partial charge in [0.1, 0.15) is 0 Å². The third-order valence-electron chi connectivity index (χ3n) is 3.02. The summed E-state index contributed by atoms with van der Waals surface area (Å²) in [6.45, 7) is 11.1. The van der Waals surface area contributed by atoms with Crippen LogP contribution in [0.25, 0.3) is 11.3 Å². The molecule has 0 amide bonds. The zero-order valence-electron chi connectivity index (χ0n) is 11.8. The Bertz CT molecular complexity index is 515. The molecule has 0 N–H and O–H groups in total. The summed E-state index contributed by atoms with van der Waals surface area (Å²) in [6, 6.07) is 8.76. The van der Waals surface area contributed by atoms with Gasteiger partial charge >= 0.3 is 0 Å². The first kappa shape index (κ1) is 13.3. The van der Waals surface area contributed by atoms with Crippen molar-refractivity contribution in [1.29, 1.82) is 0 Å².